The number of rotatable bonds is 1. The minimum atomic E-state index is -0.122. The maximum absolute atomic E-state index is 2.35. The monoisotopic (exact) mass is 210 g/mol. The molecule has 1 aromatic carbocycles. The number of hydrogen-bond donors (Lipinski definition) is 0. The van der Waals surface area contributed by atoms with Crippen LogP contribution in [-0.2, 0) is 23.3 Å². The molecule has 1 rings (SSSR count). The second kappa shape index (κ2) is 3.48. The first-order valence-electron chi connectivity index (χ1n) is 2.91. The van der Waals surface area contributed by atoms with Crippen molar-refractivity contribution in [2.24, 2.45) is 0 Å². The molecule has 0 saturated carbocycles. The summed E-state index contributed by atoms with van der Waals surface area (Å²) in [5, 5.41) is 1.56. The zero-order valence-corrected chi connectivity index (χ0v) is 8.84. The summed E-state index contributed by atoms with van der Waals surface area (Å²) in [6.45, 7) is 2.35. The Hall–Kier alpha value is 0.320. The van der Waals surface area contributed by atoms with Gasteiger partial charge in [0, 0.05) is 0 Å². The Balaban J connectivity index is 2.98. The third-order valence-electron chi connectivity index (χ3n) is 1.21. The van der Waals surface area contributed by atoms with E-state index in [0.29, 0.717) is 0 Å². The Labute approximate surface area is 70.7 Å². The molecular formula is C7H8SiZr+2. The molecule has 0 spiro atoms. The van der Waals surface area contributed by atoms with Crippen molar-refractivity contribution in [2.45, 2.75) is 6.55 Å². The van der Waals surface area contributed by atoms with E-state index in [1.54, 1.807) is 28.5 Å². The molecule has 0 atom stereocenters. The summed E-state index contributed by atoms with van der Waals surface area (Å²) in [6.07, 6.45) is 0. The number of hydrogen-bond acceptors (Lipinski definition) is 0. The van der Waals surface area contributed by atoms with Crippen LogP contribution in [0, 0.1) is 0 Å². The first-order valence-corrected chi connectivity index (χ1v) is 8.60. The molecule has 0 nitrogen and oxygen atoms in total. The molecule has 0 N–H and O–H groups in total. The van der Waals surface area contributed by atoms with Crippen LogP contribution in [0.5, 0.6) is 0 Å². The fourth-order valence-corrected chi connectivity index (χ4v) is 2.61. The average molecular weight is 211 g/mol. The molecule has 0 saturated heterocycles. The summed E-state index contributed by atoms with van der Waals surface area (Å²) in [6, 6.07) is 10.8. The zero-order chi connectivity index (χ0) is 6.69. The van der Waals surface area contributed by atoms with Gasteiger partial charge < -0.3 is 0 Å². The third kappa shape index (κ3) is 2.19. The fourth-order valence-electron chi connectivity index (χ4n) is 0.688. The van der Waals surface area contributed by atoms with Crippen LogP contribution >= 0.6 is 0 Å². The summed E-state index contributed by atoms with van der Waals surface area (Å²) >= 11 is 1.69. The number of benzene rings is 1. The molecule has 0 unspecified atom stereocenters. The molecule has 0 heterocycles. The SMILES string of the molecule is C[Si](=[Zr+2])c1ccccc1. The van der Waals surface area contributed by atoms with Gasteiger partial charge in [0.25, 0.3) is 0 Å². The maximum atomic E-state index is 2.35. The van der Waals surface area contributed by atoms with E-state index in [4.69, 9.17) is 0 Å². The van der Waals surface area contributed by atoms with E-state index in [1.165, 1.54) is 0 Å². The van der Waals surface area contributed by atoms with Gasteiger partial charge in [-0.1, -0.05) is 0 Å². The molecule has 0 aliphatic carbocycles. The van der Waals surface area contributed by atoms with Gasteiger partial charge in [-0.25, -0.2) is 0 Å². The second-order valence-electron chi connectivity index (χ2n) is 1.99. The van der Waals surface area contributed by atoms with Crippen molar-refractivity contribution in [1.29, 1.82) is 0 Å². The Bertz CT molecular complexity index is 205. The van der Waals surface area contributed by atoms with Crippen LogP contribution in [0.15, 0.2) is 30.3 Å². The molecule has 0 aromatic heterocycles. The molecule has 0 bridgehead atoms. The van der Waals surface area contributed by atoms with Gasteiger partial charge >= 0.3 is 70.8 Å². The van der Waals surface area contributed by atoms with Gasteiger partial charge in [-0.15, -0.1) is 0 Å². The summed E-state index contributed by atoms with van der Waals surface area (Å²) in [4.78, 5) is 0. The minimum absolute atomic E-state index is 0.122. The molecule has 0 fully saturated rings. The van der Waals surface area contributed by atoms with Crippen LogP contribution < -0.4 is 5.19 Å². The molecular weight excluding hydrogens is 203 g/mol. The van der Waals surface area contributed by atoms with Gasteiger partial charge in [-0.3, -0.25) is 0 Å². The van der Waals surface area contributed by atoms with Crippen molar-refractivity contribution >= 4 is 10.6 Å². The second-order valence-corrected chi connectivity index (χ2v) is 9.35. The Morgan fingerprint density at radius 1 is 1.22 bits per heavy atom. The van der Waals surface area contributed by atoms with E-state index in [0.717, 1.165) is 0 Å². The summed E-state index contributed by atoms with van der Waals surface area (Å²) in [5.41, 5.74) is -0.122. The van der Waals surface area contributed by atoms with E-state index < -0.39 is 0 Å². The van der Waals surface area contributed by atoms with Crippen LogP contribution in [0.4, 0.5) is 0 Å². The molecule has 2 heteroatoms. The predicted octanol–water partition coefficient (Wildman–Crippen LogP) is 1.06. The first kappa shape index (κ1) is 7.43. The van der Waals surface area contributed by atoms with Gasteiger partial charge in [0.05, 0.1) is 0 Å². The van der Waals surface area contributed by atoms with Crippen molar-refractivity contribution in [3.8, 4) is 0 Å². The Morgan fingerprint density at radius 3 is 2.11 bits per heavy atom. The van der Waals surface area contributed by atoms with Gasteiger partial charge in [-0.2, -0.15) is 0 Å². The van der Waals surface area contributed by atoms with E-state index >= 15 is 0 Å². The Morgan fingerprint density at radius 2 is 1.78 bits per heavy atom. The summed E-state index contributed by atoms with van der Waals surface area (Å²) < 4.78 is 0. The first-order chi connectivity index (χ1) is 4.30. The molecule has 0 radical (unpaired) electrons. The van der Waals surface area contributed by atoms with Crippen LogP contribution in [0.1, 0.15) is 0 Å². The fraction of sp³-hybridized carbons (Fsp3) is 0.143. The van der Waals surface area contributed by atoms with E-state index in [9.17, 15) is 0 Å². The van der Waals surface area contributed by atoms with E-state index in [1.807, 2.05) is 0 Å². The molecule has 9 heavy (non-hydrogen) atoms. The normalized spacial score (nSPS) is 9.22. The van der Waals surface area contributed by atoms with Crippen molar-refractivity contribution in [1.82, 2.24) is 0 Å². The van der Waals surface area contributed by atoms with Gasteiger partial charge in [0.2, 0.25) is 0 Å². The molecule has 0 amide bonds. The van der Waals surface area contributed by atoms with Crippen molar-refractivity contribution in [3.05, 3.63) is 30.3 Å². The summed E-state index contributed by atoms with van der Waals surface area (Å²) in [5.74, 6) is 0. The van der Waals surface area contributed by atoms with Crippen LogP contribution in [0.3, 0.4) is 0 Å². The van der Waals surface area contributed by atoms with Crippen LogP contribution in [-0.4, -0.2) is 5.43 Å². The Kier molecular flexibility index (Phi) is 2.87. The van der Waals surface area contributed by atoms with Crippen molar-refractivity contribution < 1.29 is 23.3 Å². The average Bonchev–Trinajstić information content (AvgIpc) is 1.90. The topological polar surface area (TPSA) is 0 Å². The van der Waals surface area contributed by atoms with Crippen LogP contribution in [0.25, 0.3) is 0 Å². The van der Waals surface area contributed by atoms with E-state index in [2.05, 4.69) is 36.9 Å². The van der Waals surface area contributed by atoms with E-state index in [-0.39, 0.29) is 5.43 Å². The van der Waals surface area contributed by atoms with Crippen molar-refractivity contribution in [2.75, 3.05) is 0 Å². The molecule has 1 aromatic rings. The quantitative estimate of drug-likeness (QED) is 0.610. The van der Waals surface area contributed by atoms with Crippen LogP contribution in [0.2, 0.25) is 6.55 Å². The molecule has 42 valence electrons. The molecule has 0 aliphatic heterocycles. The predicted molar refractivity (Wildman–Crippen MR) is 37.7 cm³/mol. The molecule has 0 aliphatic rings. The zero-order valence-electron chi connectivity index (χ0n) is 5.39. The standard InChI is InChI=1S/C7H8Si.Zr/c1-8-7-5-3-2-4-6-7;/h2-6H,1H3;/q;+2. The van der Waals surface area contributed by atoms with Crippen molar-refractivity contribution in [3.63, 3.8) is 0 Å². The van der Waals surface area contributed by atoms with Gasteiger partial charge in [0.1, 0.15) is 0 Å². The van der Waals surface area contributed by atoms with Gasteiger partial charge in [0.15, 0.2) is 0 Å². The summed E-state index contributed by atoms with van der Waals surface area (Å²) in [7, 11) is 0. The third-order valence-corrected chi connectivity index (χ3v) is 4.53. The van der Waals surface area contributed by atoms with Gasteiger partial charge in [-0.05, 0) is 0 Å².